The van der Waals surface area contributed by atoms with E-state index in [1.54, 1.807) is 4.57 Å². The van der Waals surface area contributed by atoms with Crippen LogP contribution in [-0.2, 0) is 6.54 Å². The zero-order valence-electron chi connectivity index (χ0n) is 8.19. The SMILES string of the molecule is Cc1cn(CC(=O)c2cccs2)c(=N)s1. The highest BCUT2D eigenvalue weighted by atomic mass is 32.1. The first-order chi connectivity index (χ1) is 7.16. The maximum atomic E-state index is 11.7. The molecule has 2 rings (SSSR count). The summed E-state index contributed by atoms with van der Waals surface area (Å²) in [6.45, 7) is 2.21. The molecule has 0 radical (unpaired) electrons. The number of ketones is 1. The summed E-state index contributed by atoms with van der Waals surface area (Å²) < 4.78 is 1.68. The quantitative estimate of drug-likeness (QED) is 0.819. The van der Waals surface area contributed by atoms with Gasteiger partial charge in [0.2, 0.25) is 0 Å². The molecule has 78 valence electrons. The summed E-state index contributed by atoms with van der Waals surface area (Å²) in [5.41, 5.74) is 0. The number of carbonyl (C=O) groups excluding carboxylic acids is 1. The first-order valence-electron chi connectivity index (χ1n) is 4.45. The lowest BCUT2D eigenvalue weighted by molar-refractivity contribution is 0.0975. The Morgan fingerprint density at radius 2 is 2.40 bits per heavy atom. The first-order valence-corrected chi connectivity index (χ1v) is 6.14. The Kier molecular flexibility index (Phi) is 2.83. The summed E-state index contributed by atoms with van der Waals surface area (Å²) in [5.74, 6) is 0.0706. The number of thiophene rings is 1. The molecule has 2 aromatic rings. The number of aryl methyl sites for hydroxylation is 1. The van der Waals surface area contributed by atoms with E-state index in [2.05, 4.69) is 0 Å². The highest BCUT2D eigenvalue weighted by Gasteiger charge is 2.08. The van der Waals surface area contributed by atoms with Crippen molar-refractivity contribution in [2.24, 2.45) is 0 Å². The maximum absolute atomic E-state index is 11.7. The summed E-state index contributed by atoms with van der Waals surface area (Å²) in [6, 6.07) is 3.68. The zero-order valence-corrected chi connectivity index (χ0v) is 9.82. The van der Waals surface area contributed by atoms with Crippen molar-refractivity contribution in [1.29, 1.82) is 5.41 Å². The molecule has 0 aliphatic carbocycles. The normalized spacial score (nSPS) is 10.5. The molecular formula is C10H10N2OS2. The van der Waals surface area contributed by atoms with Gasteiger partial charge in [0, 0.05) is 11.1 Å². The molecule has 3 nitrogen and oxygen atoms in total. The van der Waals surface area contributed by atoms with Crippen molar-refractivity contribution in [3.63, 3.8) is 0 Å². The highest BCUT2D eigenvalue weighted by molar-refractivity contribution is 7.12. The summed E-state index contributed by atoms with van der Waals surface area (Å²) >= 11 is 2.83. The minimum Gasteiger partial charge on any atom is -0.316 e. The Labute approximate surface area is 95.1 Å². The van der Waals surface area contributed by atoms with Gasteiger partial charge in [0.05, 0.1) is 11.4 Å². The molecule has 15 heavy (non-hydrogen) atoms. The van der Waals surface area contributed by atoms with E-state index in [4.69, 9.17) is 5.41 Å². The fraction of sp³-hybridized carbons (Fsp3) is 0.200. The van der Waals surface area contributed by atoms with Gasteiger partial charge in [-0.05, 0) is 18.4 Å². The molecule has 5 heteroatoms. The topological polar surface area (TPSA) is 45.9 Å². The number of nitrogens with zero attached hydrogens (tertiary/aromatic N) is 1. The van der Waals surface area contributed by atoms with Crippen LogP contribution in [0.15, 0.2) is 23.7 Å². The molecule has 0 amide bonds. The van der Waals surface area contributed by atoms with E-state index in [1.807, 2.05) is 30.6 Å². The fourth-order valence-corrected chi connectivity index (χ4v) is 2.68. The van der Waals surface area contributed by atoms with Gasteiger partial charge in [0.15, 0.2) is 10.6 Å². The Morgan fingerprint density at radius 1 is 1.60 bits per heavy atom. The van der Waals surface area contributed by atoms with E-state index in [0.29, 0.717) is 4.80 Å². The third-order valence-corrected chi connectivity index (χ3v) is 3.73. The number of Topliss-reactive ketones (excluding diaryl/α,β-unsaturated/α-hetero) is 1. The molecule has 2 aromatic heterocycles. The van der Waals surface area contributed by atoms with Crippen molar-refractivity contribution in [3.8, 4) is 0 Å². The first kappa shape index (κ1) is 10.3. The standard InChI is InChI=1S/C10H10N2OS2/c1-7-5-12(10(11)15-7)6-8(13)9-3-2-4-14-9/h2-5,11H,6H2,1H3. The monoisotopic (exact) mass is 238 g/mol. The maximum Gasteiger partial charge on any atom is 0.192 e. The Balaban J connectivity index is 2.20. The summed E-state index contributed by atoms with van der Waals surface area (Å²) in [4.78, 5) is 14.0. The van der Waals surface area contributed by atoms with Crippen LogP contribution in [0.1, 0.15) is 14.5 Å². The second kappa shape index (κ2) is 4.12. The average molecular weight is 238 g/mol. The van der Waals surface area contributed by atoms with E-state index in [0.717, 1.165) is 9.75 Å². The van der Waals surface area contributed by atoms with Crippen LogP contribution in [0.4, 0.5) is 0 Å². The van der Waals surface area contributed by atoms with Gasteiger partial charge in [-0.25, -0.2) is 0 Å². The molecule has 0 saturated carbocycles. The van der Waals surface area contributed by atoms with Crippen molar-refractivity contribution >= 4 is 28.5 Å². The number of hydrogen-bond acceptors (Lipinski definition) is 4. The van der Waals surface area contributed by atoms with Crippen LogP contribution in [-0.4, -0.2) is 10.4 Å². The van der Waals surface area contributed by atoms with Crippen LogP contribution < -0.4 is 4.80 Å². The van der Waals surface area contributed by atoms with Crippen LogP contribution >= 0.6 is 22.7 Å². The summed E-state index contributed by atoms with van der Waals surface area (Å²) in [6.07, 6.45) is 1.85. The third kappa shape index (κ3) is 2.24. The van der Waals surface area contributed by atoms with Gasteiger partial charge in [0.25, 0.3) is 0 Å². The molecule has 0 aliphatic heterocycles. The van der Waals surface area contributed by atoms with Crippen molar-refractivity contribution in [1.82, 2.24) is 4.57 Å². The smallest absolute Gasteiger partial charge is 0.192 e. The van der Waals surface area contributed by atoms with Crippen LogP contribution in [0.5, 0.6) is 0 Å². The molecule has 0 bridgehead atoms. The molecule has 0 atom stereocenters. The predicted octanol–water partition coefficient (Wildman–Crippen LogP) is 2.28. The number of nitrogens with one attached hydrogen (secondary N) is 1. The minimum atomic E-state index is 0.0706. The Hall–Kier alpha value is -1.20. The number of carbonyl (C=O) groups is 1. The zero-order chi connectivity index (χ0) is 10.8. The number of aromatic nitrogens is 1. The van der Waals surface area contributed by atoms with E-state index in [-0.39, 0.29) is 12.3 Å². The molecule has 0 aliphatic rings. The van der Waals surface area contributed by atoms with Crippen molar-refractivity contribution in [3.05, 3.63) is 38.3 Å². The lowest BCUT2D eigenvalue weighted by Gasteiger charge is -1.98. The molecule has 0 aromatic carbocycles. The number of thiazole rings is 1. The van der Waals surface area contributed by atoms with Gasteiger partial charge >= 0.3 is 0 Å². The minimum absolute atomic E-state index is 0.0706. The van der Waals surface area contributed by atoms with E-state index in [9.17, 15) is 4.79 Å². The molecule has 0 spiro atoms. The molecule has 0 unspecified atom stereocenters. The van der Waals surface area contributed by atoms with Gasteiger partial charge < -0.3 is 4.57 Å². The second-order valence-electron chi connectivity index (χ2n) is 3.18. The van der Waals surface area contributed by atoms with Crippen molar-refractivity contribution in [2.45, 2.75) is 13.5 Å². The molecular weight excluding hydrogens is 228 g/mol. The number of hydrogen-bond donors (Lipinski definition) is 1. The lowest BCUT2D eigenvalue weighted by atomic mass is 10.3. The van der Waals surface area contributed by atoms with Crippen LogP contribution in [0.2, 0.25) is 0 Å². The van der Waals surface area contributed by atoms with Crippen LogP contribution in [0.25, 0.3) is 0 Å². The Bertz CT molecular complexity index is 522. The number of rotatable bonds is 3. The Morgan fingerprint density at radius 3 is 2.93 bits per heavy atom. The van der Waals surface area contributed by atoms with Crippen molar-refractivity contribution < 1.29 is 4.79 Å². The summed E-state index contributed by atoms with van der Waals surface area (Å²) in [7, 11) is 0. The third-order valence-electron chi connectivity index (χ3n) is 1.97. The van der Waals surface area contributed by atoms with E-state index in [1.165, 1.54) is 22.7 Å². The molecule has 0 saturated heterocycles. The van der Waals surface area contributed by atoms with Gasteiger partial charge in [-0.15, -0.1) is 22.7 Å². The largest absolute Gasteiger partial charge is 0.316 e. The fourth-order valence-electron chi connectivity index (χ4n) is 1.30. The van der Waals surface area contributed by atoms with Crippen LogP contribution in [0, 0.1) is 12.3 Å². The van der Waals surface area contributed by atoms with E-state index >= 15 is 0 Å². The van der Waals surface area contributed by atoms with Crippen LogP contribution in [0.3, 0.4) is 0 Å². The molecule has 1 N–H and O–H groups in total. The van der Waals surface area contributed by atoms with Gasteiger partial charge in [-0.1, -0.05) is 6.07 Å². The lowest BCUT2D eigenvalue weighted by Crippen LogP contribution is -2.17. The van der Waals surface area contributed by atoms with Gasteiger partial charge in [-0.3, -0.25) is 10.2 Å². The molecule has 0 fully saturated rings. The average Bonchev–Trinajstić information content (AvgIpc) is 2.76. The van der Waals surface area contributed by atoms with Crippen molar-refractivity contribution in [2.75, 3.05) is 0 Å². The van der Waals surface area contributed by atoms with Gasteiger partial charge in [0.1, 0.15) is 0 Å². The second-order valence-corrected chi connectivity index (χ2v) is 5.36. The molecule has 2 heterocycles. The summed E-state index contributed by atoms with van der Waals surface area (Å²) in [5, 5.41) is 9.53. The predicted molar refractivity (Wildman–Crippen MR) is 61.6 cm³/mol. The highest BCUT2D eigenvalue weighted by Crippen LogP contribution is 2.10. The van der Waals surface area contributed by atoms with E-state index < -0.39 is 0 Å². The van der Waals surface area contributed by atoms with Gasteiger partial charge in [-0.2, -0.15) is 0 Å².